The van der Waals surface area contributed by atoms with Gasteiger partial charge in [0, 0.05) is 17.2 Å². The largest absolute Gasteiger partial charge is 0.741 e. The van der Waals surface area contributed by atoms with E-state index in [1.807, 2.05) is 30.9 Å². The summed E-state index contributed by atoms with van der Waals surface area (Å²) in [6.07, 6.45) is 4.23. The molecule has 2 aliphatic heterocycles. The first-order valence-corrected chi connectivity index (χ1v) is 13.9. The van der Waals surface area contributed by atoms with Crippen LogP contribution in [0, 0.1) is 11.8 Å². The Morgan fingerprint density at radius 1 is 1.39 bits per heavy atom. The van der Waals surface area contributed by atoms with E-state index in [1.165, 1.54) is 4.90 Å². The fourth-order valence-electron chi connectivity index (χ4n) is 4.38. The molecule has 0 saturated carbocycles. The summed E-state index contributed by atoms with van der Waals surface area (Å²) >= 11 is 3.35. The number of alkyl halides is 3. The summed E-state index contributed by atoms with van der Waals surface area (Å²) in [5.74, 6) is -1.06. The molecule has 0 spiro atoms. The molecule has 1 fully saturated rings. The zero-order valence-corrected chi connectivity index (χ0v) is 22.0. The van der Waals surface area contributed by atoms with Gasteiger partial charge in [0.2, 0.25) is 22.1 Å². The molecule has 36 heavy (non-hydrogen) atoms. The smallest absolute Gasteiger partial charge is 0.485 e. The molecule has 0 radical (unpaired) electrons. The number of thiazole rings is 1. The number of β-lactam (4-membered cyclic amide) rings is 1. The standard InChI is InChI=1S/C19H23N3O4S2.CHF3O3S/c1-5-6-27-17-18-21(8-20(17)4)7-11(28-18)12-9(2)14-13(10(3)23)16(24)22(14)15(12)19(25)26;2-1(3,4)8(5,6)7/h7-10,13-14,23H,5-6H2,1-4H3;(H,5,6,7)/t9-,10+,13+,14+;/m0./s1. The molecule has 2 aromatic rings. The van der Waals surface area contributed by atoms with Crippen molar-refractivity contribution in [2.45, 2.75) is 49.9 Å². The molecule has 4 rings (SSSR count). The second-order valence-corrected chi connectivity index (χ2v) is 11.9. The van der Waals surface area contributed by atoms with Crippen molar-refractivity contribution >= 4 is 55.5 Å². The minimum absolute atomic E-state index is 0.0658. The van der Waals surface area contributed by atoms with Crippen LogP contribution in [-0.4, -0.2) is 67.8 Å². The van der Waals surface area contributed by atoms with E-state index in [0.717, 1.165) is 26.9 Å². The lowest BCUT2D eigenvalue weighted by atomic mass is 9.77. The SMILES string of the molecule is CCCSc1c2sc(C3=C(C(=O)O)N4C(=O)[C@H]([C@@H](C)O)[C@H]4[C@H]3C)cn2c[n+]1C.O=S(=O)([O-])C(F)(F)F. The van der Waals surface area contributed by atoms with Crippen molar-refractivity contribution in [3.63, 3.8) is 0 Å². The monoisotopic (exact) mass is 571 g/mol. The summed E-state index contributed by atoms with van der Waals surface area (Å²) in [4.78, 5) is 27.9. The molecule has 1 amide bonds. The highest BCUT2D eigenvalue weighted by atomic mass is 32.2. The summed E-state index contributed by atoms with van der Waals surface area (Å²) in [6, 6.07) is -0.292. The number of amides is 1. The van der Waals surface area contributed by atoms with Crippen LogP contribution < -0.4 is 4.57 Å². The predicted molar refractivity (Wildman–Crippen MR) is 123 cm³/mol. The topological polar surface area (TPSA) is 143 Å². The Bertz CT molecular complexity index is 1330. The van der Waals surface area contributed by atoms with E-state index in [4.69, 9.17) is 13.0 Å². The second-order valence-electron chi connectivity index (χ2n) is 8.41. The lowest BCUT2D eigenvalue weighted by Gasteiger charge is -2.46. The highest BCUT2D eigenvalue weighted by Crippen LogP contribution is 2.51. The molecule has 2 aliphatic rings. The number of aryl methyl sites for hydroxylation is 1. The zero-order chi connectivity index (χ0) is 27.3. The van der Waals surface area contributed by atoms with E-state index in [0.29, 0.717) is 5.57 Å². The number of carboxylic acids is 1. The van der Waals surface area contributed by atoms with Crippen LogP contribution in [0.2, 0.25) is 0 Å². The maximum absolute atomic E-state index is 12.5. The number of thioether (sulfide) groups is 1. The molecule has 4 atom stereocenters. The van der Waals surface area contributed by atoms with E-state index in [9.17, 15) is 33.0 Å². The summed E-state index contributed by atoms with van der Waals surface area (Å²) in [5.41, 5.74) is -4.89. The minimum Gasteiger partial charge on any atom is -0.741 e. The van der Waals surface area contributed by atoms with Gasteiger partial charge in [-0.1, -0.05) is 36.9 Å². The quantitative estimate of drug-likeness (QED) is 0.176. The molecule has 0 aliphatic carbocycles. The van der Waals surface area contributed by atoms with Gasteiger partial charge in [-0.2, -0.15) is 17.6 Å². The van der Waals surface area contributed by atoms with Gasteiger partial charge in [0.25, 0.3) is 0 Å². The van der Waals surface area contributed by atoms with Gasteiger partial charge in [-0.3, -0.25) is 4.79 Å². The number of carboxylic acid groups (broad SMARTS) is 1. The average molecular weight is 572 g/mol. The molecule has 200 valence electrons. The van der Waals surface area contributed by atoms with Gasteiger partial charge in [-0.05, 0) is 13.3 Å². The van der Waals surface area contributed by atoms with Crippen LogP contribution in [-0.2, 0) is 26.8 Å². The lowest BCUT2D eigenvalue weighted by Crippen LogP contribution is -2.63. The van der Waals surface area contributed by atoms with E-state index in [1.54, 1.807) is 30.0 Å². The summed E-state index contributed by atoms with van der Waals surface area (Å²) in [5, 5.41) is 21.0. The van der Waals surface area contributed by atoms with Crippen molar-refractivity contribution in [2.24, 2.45) is 18.9 Å². The van der Waals surface area contributed by atoms with Gasteiger partial charge in [0.1, 0.15) is 11.9 Å². The number of carbonyl (C=O) groups excluding carboxylic acids is 1. The van der Waals surface area contributed by atoms with Gasteiger partial charge in [0.05, 0.1) is 30.0 Å². The average Bonchev–Trinajstić information content (AvgIpc) is 3.32. The van der Waals surface area contributed by atoms with Gasteiger partial charge in [-0.15, -0.1) is 0 Å². The molecule has 0 bridgehead atoms. The number of nitrogens with zero attached hydrogens (tertiary/aromatic N) is 3. The highest BCUT2D eigenvalue weighted by Gasteiger charge is 2.60. The normalized spacial score (nSPS) is 22.9. The fraction of sp³-hybridized carbons (Fsp3) is 0.550. The molecule has 2 aromatic heterocycles. The molecule has 0 unspecified atom stereocenters. The molecule has 1 saturated heterocycles. The number of aliphatic carboxylic acids is 1. The first kappa shape index (κ1) is 28.4. The molecular formula is C20H24F3N3O7S3. The van der Waals surface area contributed by atoms with Crippen molar-refractivity contribution in [3.05, 3.63) is 23.1 Å². The Balaban J connectivity index is 0.000000392. The number of imidazole rings is 1. The van der Waals surface area contributed by atoms with Crippen molar-refractivity contribution in [1.82, 2.24) is 9.30 Å². The van der Waals surface area contributed by atoms with Gasteiger partial charge >= 0.3 is 11.5 Å². The Morgan fingerprint density at radius 2 is 1.97 bits per heavy atom. The van der Waals surface area contributed by atoms with Crippen LogP contribution >= 0.6 is 23.1 Å². The minimum atomic E-state index is -6.09. The summed E-state index contributed by atoms with van der Waals surface area (Å²) < 4.78 is 63.0. The van der Waals surface area contributed by atoms with Crippen molar-refractivity contribution in [1.29, 1.82) is 0 Å². The van der Waals surface area contributed by atoms with E-state index in [2.05, 4.69) is 11.5 Å². The number of fused-ring (bicyclic) bond motifs is 2. The van der Waals surface area contributed by atoms with Crippen LogP contribution in [0.5, 0.6) is 0 Å². The number of hydrogen-bond acceptors (Lipinski definition) is 8. The number of carbonyl (C=O) groups is 2. The Labute approximate surface area is 212 Å². The molecular weight excluding hydrogens is 547 g/mol. The molecule has 4 heterocycles. The Hall–Kier alpha value is -2.14. The zero-order valence-electron chi connectivity index (χ0n) is 19.5. The van der Waals surface area contributed by atoms with Crippen LogP contribution in [0.4, 0.5) is 13.2 Å². The van der Waals surface area contributed by atoms with Gasteiger partial charge in [-0.25, -0.2) is 17.8 Å². The Kier molecular flexibility index (Phi) is 7.87. The number of rotatable bonds is 6. The second kappa shape index (κ2) is 9.96. The van der Waals surface area contributed by atoms with Crippen molar-refractivity contribution in [3.8, 4) is 0 Å². The third-order valence-corrected chi connectivity index (χ3v) is 9.07. The predicted octanol–water partition coefficient (Wildman–Crippen LogP) is 2.03. The third-order valence-electron chi connectivity index (χ3n) is 5.86. The number of hydrogen-bond donors (Lipinski definition) is 2. The van der Waals surface area contributed by atoms with Crippen LogP contribution in [0.25, 0.3) is 10.4 Å². The van der Waals surface area contributed by atoms with E-state index in [-0.39, 0.29) is 23.6 Å². The molecule has 16 heteroatoms. The van der Waals surface area contributed by atoms with Crippen molar-refractivity contribution in [2.75, 3.05) is 5.75 Å². The van der Waals surface area contributed by atoms with Crippen LogP contribution in [0.3, 0.4) is 0 Å². The maximum Gasteiger partial charge on any atom is 0.485 e. The maximum atomic E-state index is 12.5. The number of aliphatic hydroxyl groups excluding tert-OH is 1. The van der Waals surface area contributed by atoms with Crippen molar-refractivity contribution < 1.29 is 50.5 Å². The summed E-state index contributed by atoms with van der Waals surface area (Å²) in [6.45, 7) is 5.69. The number of aliphatic hydroxyl groups is 1. The van der Waals surface area contributed by atoms with E-state index >= 15 is 0 Å². The number of halogens is 3. The van der Waals surface area contributed by atoms with E-state index < -0.39 is 33.6 Å². The molecule has 10 nitrogen and oxygen atoms in total. The molecule has 0 aromatic carbocycles. The fourth-order valence-corrected chi connectivity index (χ4v) is 6.76. The Morgan fingerprint density at radius 3 is 2.44 bits per heavy atom. The first-order chi connectivity index (χ1) is 16.5. The summed E-state index contributed by atoms with van der Waals surface area (Å²) in [7, 11) is -4.08. The third kappa shape index (κ3) is 4.88. The van der Waals surface area contributed by atoms with Gasteiger partial charge < -0.3 is 19.7 Å². The lowest BCUT2D eigenvalue weighted by molar-refractivity contribution is -0.705. The highest BCUT2D eigenvalue weighted by molar-refractivity contribution is 7.99. The molecule has 2 N–H and O–H groups in total. The van der Waals surface area contributed by atoms with Crippen LogP contribution in [0.15, 0.2) is 23.2 Å². The number of aromatic nitrogens is 2. The van der Waals surface area contributed by atoms with Gasteiger partial charge in [0.15, 0.2) is 10.1 Å². The first-order valence-electron chi connectivity index (χ1n) is 10.7. The van der Waals surface area contributed by atoms with Crippen LogP contribution in [0.1, 0.15) is 32.1 Å².